The van der Waals surface area contributed by atoms with E-state index in [0.29, 0.717) is 12.3 Å². The van der Waals surface area contributed by atoms with Crippen molar-refractivity contribution in [1.82, 2.24) is 10.9 Å². The topological polar surface area (TPSA) is 104 Å². The highest BCUT2D eigenvalue weighted by molar-refractivity contribution is 7.92. The van der Waals surface area contributed by atoms with Gasteiger partial charge in [-0.05, 0) is 42.7 Å². The molecule has 0 aliphatic heterocycles. The molecule has 0 atom stereocenters. The zero-order valence-electron chi connectivity index (χ0n) is 16.4. The molecule has 9 heteroatoms. The van der Waals surface area contributed by atoms with Gasteiger partial charge >= 0.3 is 0 Å². The Bertz CT molecular complexity index is 1020. The number of hydrogen-bond donors (Lipinski definition) is 3. The first-order chi connectivity index (χ1) is 14.3. The maximum absolute atomic E-state index is 12.6. The molecule has 0 aromatic heterocycles. The molecular weight excluding hydrogens is 426 g/mol. The fraction of sp³-hybridized carbons (Fsp3) is 0.333. The first-order valence-corrected chi connectivity index (χ1v) is 11.7. The summed E-state index contributed by atoms with van der Waals surface area (Å²) < 4.78 is 27.7. The Hall–Kier alpha value is -2.58. The van der Waals surface area contributed by atoms with Gasteiger partial charge in [0.05, 0.1) is 15.6 Å². The standard InChI is InChI=1S/C21H24ClN3O4S/c22-18-10-3-4-11-19(18)25-30(28,29)17-9-5-8-16(14-17)21(27)24-23-20(26)13-12-15-6-1-2-7-15/h3-5,8-11,14-15,25H,1-2,6-7,12-13H2,(H,23,26)(H,24,27). The number of hydrogen-bond acceptors (Lipinski definition) is 4. The number of hydrazine groups is 1. The lowest BCUT2D eigenvalue weighted by Gasteiger charge is -2.12. The van der Waals surface area contributed by atoms with Crippen LogP contribution in [0.25, 0.3) is 0 Å². The molecule has 1 fully saturated rings. The molecule has 0 unspecified atom stereocenters. The zero-order valence-corrected chi connectivity index (χ0v) is 17.9. The molecule has 7 nitrogen and oxygen atoms in total. The van der Waals surface area contributed by atoms with Gasteiger partial charge in [0, 0.05) is 12.0 Å². The van der Waals surface area contributed by atoms with Crippen molar-refractivity contribution >= 4 is 39.1 Å². The Morgan fingerprint density at radius 3 is 2.47 bits per heavy atom. The number of benzene rings is 2. The molecule has 2 aromatic carbocycles. The van der Waals surface area contributed by atoms with Crippen molar-refractivity contribution in [2.45, 2.75) is 43.4 Å². The molecule has 2 aromatic rings. The number of carbonyl (C=O) groups excluding carboxylic acids is 2. The van der Waals surface area contributed by atoms with Gasteiger partial charge < -0.3 is 0 Å². The second kappa shape index (κ2) is 9.95. The van der Waals surface area contributed by atoms with Gasteiger partial charge in [0.15, 0.2) is 0 Å². The highest BCUT2D eigenvalue weighted by Gasteiger charge is 2.19. The number of halogens is 1. The molecule has 160 valence electrons. The predicted octanol–water partition coefficient (Wildman–Crippen LogP) is 3.87. The van der Waals surface area contributed by atoms with Gasteiger partial charge in [-0.2, -0.15) is 0 Å². The monoisotopic (exact) mass is 449 g/mol. The van der Waals surface area contributed by atoms with Crippen molar-refractivity contribution in [2.75, 3.05) is 4.72 Å². The van der Waals surface area contributed by atoms with E-state index in [-0.39, 0.29) is 27.1 Å². The van der Waals surface area contributed by atoms with Crippen molar-refractivity contribution in [3.05, 3.63) is 59.1 Å². The third-order valence-electron chi connectivity index (χ3n) is 5.09. The van der Waals surface area contributed by atoms with Crippen LogP contribution in [0.15, 0.2) is 53.4 Å². The lowest BCUT2D eigenvalue weighted by atomic mass is 10.0. The van der Waals surface area contributed by atoms with E-state index in [4.69, 9.17) is 11.6 Å². The molecule has 0 spiro atoms. The van der Waals surface area contributed by atoms with Crippen LogP contribution in [0.5, 0.6) is 0 Å². The van der Waals surface area contributed by atoms with Crippen LogP contribution < -0.4 is 15.6 Å². The molecule has 30 heavy (non-hydrogen) atoms. The van der Waals surface area contributed by atoms with Gasteiger partial charge in [0.2, 0.25) is 5.91 Å². The molecule has 3 rings (SSSR count). The van der Waals surface area contributed by atoms with E-state index in [1.165, 1.54) is 43.2 Å². The average Bonchev–Trinajstić information content (AvgIpc) is 3.26. The first-order valence-electron chi connectivity index (χ1n) is 9.82. The van der Waals surface area contributed by atoms with Crippen LogP contribution in [0.4, 0.5) is 5.69 Å². The van der Waals surface area contributed by atoms with E-state index in [0.717, 1.165) is 19.3 Å². The van der Waals surface area contributed by atoms with E-state index < -0.39 is 15.9 Å². The lowest BCUT2D eigenvalue weighted by Crippen LogP contribution is -2.41. The Morgan fingerprint density at radius 2 is 1.73 bits per heavy atom. The first kappa shape index (κ1) is 22.1. The second-order valence-electron chi connectivity index (χ2n) is 7.30. The van der Waals surface area contributed by atoms with E-state index in [1.54, 1.807) is 18.2 Å². The fourth-order valence-corrected chi connectivity index (χ4v) is 4.81. The van der Waals surface area contributed by atoms with Gasteiger partial charge in [0.1, 0.15) is 0 Å². The average molecular weight is 450 g/mol. The predicted molar refractivity (Wildman–Crippen MR) is 116 cm³/mol. The molecule has 0 saturated heterocycles. The van der Waals surface area contributed by atoms with Crippen LogP contribution in [0.2, 0.25) is 5.02 Å². The normalized spacial score (nSPS) is 14.3. The third-order valence-corrected chi connectivity index (χ3v) is 6.79. The number of rotatable bonds is 7. The molecule has 0 radical (unpaired) electrons. The quantitative estimate of drug-likeness (QED) is 0.558. The Kier molecular flexibility index (Phi) is 7.33. The maximum Gasteiger partial charge on any atom is 0.269 e. The van der Waals surface area contributed by atoms with Crippen molar-refractivity contribution in [3.8, 4) is 0 Å². The minimum atomic E-state index is -3.94. The summed E-state index contributed by atoms with van der Waals surface area (Å²) in [4.78, 5) is 24.2. The highest BCUT2D eigenvalue weighted by atomic mass is 35.5. The minimum Gasteiger partial charge on any atom is -0.278 e. The summed E-state index contributed by atoms with van der Waals surface area (Å²) in [7, 11) is -3.94. The summed E-state index contributed by atoms with van der Waals surface area (Å²) in [6, 6.07) is 12.0. The Labute approximate surface area is 181 Å². The van der Waals surface area contributed by atoms with E-state index in [2.05, 4.69) is 15.6 Å². The summed E-state index contributed by atoms with van der Waals surface area (Å²) in [5.74, 6) is -0.280. The molecular formula is C21H24ClN3O4S. The number of carbonyl (C=O) groups is 2. The second-order valence-corrected chi connectivity index (χ2v) is 9.39. The lowest BCUT2D eigenvalue weighted by molar-refractivity contribution is -0.122. The van der Waals surface area contributed by atoms with Gasteiger partial charge in [-0.1, -0.05) is 55.5 Å². The van der Waals surface area contributed by atoms with Crippen molar-refractivity contribution in [3.63, 3.8) is 0 Å². The van der Waals surface area contributed by atoms with Crippen molar-refractivity contribution < 1.29 is 18.0 Å². The molecule has 1 saturated carbocycles. The fourth-order valence-electron chi connectivity index (χ4n) is 3.45. The molecule has 1 aliphatic carbocycles. The number of amides is 2. The van der Waals surface area contributed by atoms with Crippen molar-refractivity contribution in [1.29, 1.82) is 0 Å². The van der Waals surface area contributed by atoms with E-state index in [1.807, 2.05) is 0 Å². The summed E-state index contributed by atoms with van der Waals surface area (Å²) in [5, 5.41) is 0.260. The summed E-state index contributed by atoms with van der Waals surface area (Å²) in [6.45, 7) is 0. The largest absolute Gasteiger partial charge is 0.278 e. The maximum atomic E-state index is 12.6. The van der Waals surface area contributed by atoms with Crippen LogP contribution in [-0.4, -0.2) is 20.2 Å². The zero-order chi connectivity index (χ0) is 21.6. The molecule has 0 heterocycles. The molecule has 0 bridgehead atoms. The number of nitrogens with one attached hydrogen (secondary N) is 3. The number of anilines is 1. The van der Waals surface area contributed by atoms with Crippen LogP contribution >= 0.6 is 11.6 Å². The van der Waals surface area contributed by atoms with Crippen LogP contribution in [0.1, 0.15) is 48.9 Å². The van der Waals surface area contributed by atoms with Gasteiger partial charge in [-0.15, -0.1) is 0 Å². The van der Waals surface area contributed by atoms with Gasteiger partial charge in [-0.25, -0.2) is 8.42 Å². The number of para-hydroxylation sites is 1. The van der Waals surface area contributed by atoms with Crippen LogP contribution in [0, 0.1) is 5.92 Å². The van der Waals surface area contributed by atoms with Crippen molar-refractivity contribution in [2.24, 2.45) is 5.92 Å². The smallest absolute Gasteiger partial charge is 0.269 e. The summed E-state index contributed by atoms with van der Waals surface area (Å²) >= 11 is 6.01. The Morgan fingerprint density at radius 1 is 1.00 bits per heavy atom. The molecule has 2 amide bonds. The minimum absolute atomic E-state index is 0.0948. The summed E-state index contributed by atoms with van der Waals surface area (Å²) in [5.41, 5.74) is 5.07. The highest BCUT2D eigenvalue weighted by Crippen LogP contribution is 2.28. The summed E-state index contributed by atoms with van der Waals surface area (Å²) in [6.07, 6.45) is 5.90. The third kappa shape index (κ3) is 5.96. The van der Waals surface area contributed by atoms with Gasteiger partial charge in [0.25, 0.3) is 15.9 Å². The Balaban J connectivity index is 1.59. The number of sulfonamides is 1. The van der Waals surface area contributed by atoms with E-state index >= 15 is 0 Å². The van der Waals surface area contributed by atoms with E-state index in [9.17, 15) is 18.0 Å². The SMILES string of the molecule is O=C(CCC1CCCC1)NNC(=O)c1cccc(S(=O)(=O)Nc2ccccc2Cl)c1. The van der Waals surface area contributed by atoms with Crippen LogP contribution in [0.3, 0.4) is 0 Å². The van der Waals surface area contributed by atoms with Crippen LogP contribution in [-0.2, 0) is 14.8 Å². The van der Waals surface area contributed by atoms with Gasteiger partial charge in [-0.3, -0.25) is 25.2 Å². The molecule has 1 aliphatic rings. The molecule has 3 N–H and O–H groups in total.